The van der Waals surface area contributed by atoms with Gasteiger partial charge in [-0.05, 0) is 47.6 Å². The van der Waals surface area contributed by atoms with E-state index < -0.39 is 11.4 Å². The minimum Gasteiger partial charge on any atom is -0.419 e. The van der Waals surface area contributed by atoms with Crippen LogP contribution >= 0.6 is 0 Å². The Labute approximate surface area is 176 Å². The van der Waals surface area contributed by atoms with Gasteiger partial charge in [-0.25, -0.2) is 9.18 Å². The summed E-state index contributed by atoms with van der Waals surface area (Å²) >= 11 is 0. The first-order valence-corrected chi connectivity index (χ1v) is 10.9. The quantitative estimate of drug-likeness (QED) is 0.183. The van der Waals surface area contributed by atoms with Crippen molar-refractivity contribution in [2.75, 3.05) is 0 Å². The Morgan fingerprint density at radius 3 is 2.27 bits per heavy atom. The van der Waals surface area contributed by atoms with Crippen LogP contribution in [0.3, 0.4) is 0 Å². The maximum atomic E-state index is 14.7. The molecule has 2 nitrogen and oxygen atoms in total. The second-order valence-corrected chi connectivity index (χ2v) is 7.93. The topological polar surface area (TPSA) is 30.2 Å². The highest BCUT2D eigenvalue weighted by atomic mass is 19.1. The normalized spacial score (nSPS) is 11.4. The van der Waals surface area contributed by atoms with Crippen LogP contribution in [0, 0.1) is 5.82 Å². The molecule has 0 fully saturated rings. The minimum absolute atomic E-state index is 0.0482. The zero-order valence-corrected chi connectivity index (χ0v) is 17.6. The van der Waals surface area contributed by atoms with Gasteiger partial charge in [0.1, 0.15) is 0 Å². The van der Waals surface area contributed by atoms with Crippen molar-refractivity contribution in [3.63, 3.8) is 0 Å². The second-order valence-electron chi connectivity index (χ2n) is 7.93. The summed E-state index contributed by atoms with van der Waals surface area (Å²) in [5.74, 6) is -0.437. The Balaban J connectivity index is 1.69. The standard InChI is InChI=1S/C27H27FO2/c1-3-5-6-7-8-18-9-11-20(12-10-18)21-14-15-22-23-16-13-19(4-2)25(28)26(23)30-27(29)24(22)17-21/h9-17H,3-8H2,1-2H3. The molecule has 0 amide bonds. The van der Waals surface area contributed by atoms with Gasteiger partial charge in [-0.15, -0.1) is 0 Å². The van der Waals surface area contributed by atoms with Crippen LogP contribution in [0.4, 0.5) is 4.39 Å². The fourth-order valence-electron chi connectivity index (χ4n) is 4.08. The van der Waals surface area contributed by atoms with E-state index in [0.717, 1.165) is 22.9 Å². The van der Waals surface area contributed by atoms with E-state index in [2.05, 4.69) is 31.2 Å². The van der Waals surface area contributed by atoms with Gasteiger partial charge in [0.15, 0.2) is 11.4 Å². The number of halogens is 1. The molecule has 0 N–H and O–H groups in total. The van der Waals surface area contributed by atoms with Crippen molar-refractivity contribution < 1.29 is 8.81 Å². The van der Waals surface area contributed by atoms with Crippen LogP contribution in [0.25, 0.3) is 32.9 Å². The highest BCUT2D eigenvalue weighted by Crippen LogP contribution is 2.30. The van der Waals surface area contributed by atoms with Crippen molar-refractivity contribution in [1.82, 2.24) is 0 Å². The van der Waals surface area contributed by atoms with E-state index in [4.69, 9.17) is 4.42 Å². The third kappa shape index (κ3) is 3.89. The van der Waals surface area contributed by atoms with Crippen LogP contribution in [0.2, 0.25) is 0 Å². The van der Waals surface area contributed by atoms with Gasteiger partial charge in [-0.1, -0.05) is 81.6 Å². The highest BCUT2D eigenvalue weighted by Gasteiger charge is 2.14. The molecule has 0 atom stereocenters. The van der Waals surface area contributed by atoms with Crippen molar-refractivity contribution in [1.29, 1.82) is 0 Å². The third-order valence-electron chi connectivity index (χ3n) is 5.89. The molecule has 1 heterocycles. The van der Waals surface area contributed by atoms with Gasteiger partial charge in [-0.2, -0.15) is 0 Å². The smallest absolute Gasteiger partial charge is 0.344 e. The molecular weight excluding hydrogens is 375 g/mol. The van der Waals surface area contributed by atoms with Gasteiger partial charge in [0.2, 0.25) is 0 Å². The lowest BCUT2D eigenvalue weighted by Crippen LogP contribution is -2.02. The Morgan fingerprint density at radius 1 is 0.800 bits per heavy atom. The lowest BCUT2D eigenvalue weighted by molar-refractivity contribution is 0.525. The molecule has 3 heteroatoms. The van der Waals surface area contributed by atoms with Gasteiger partial charge in [0, 0.05) is 10.8 Å². The summed E-state index contributed by atoms with van der Waals surface area (Å²) in [6.45, 7) is 4.10. The van der Waals surface area contributed by atoms with Gasteiger partial charge in [0.25, 0.3) is 0 Å². The maximum Gasteiger partial charge on any atom is 0.344 e. The Kier molecular flexibility index (Phi) is 5.98. The van der Waals surface area contributed by atoms with Crippen LogP contribution in [-0.2, 0) is 12.8 Å². The van der Waals surface area contributed by atoms with Crippen molar-refractivity contribution >= 4 is 21.7 Å². The van der Waals surface area contributed by atoms with Crippen LogP contribution in [0.15, 0.2) is 63.8 Å². The Morgan fingerprint density at radius 2 is 1.53 bits per heavy atom. The number of hydrogen-bond donors (Lipinski definition) is 0. The molecule has 4 rings (SSSR count). The molecule has 154 valence electrons. The number of aryl methyl sites for hydroxylation is 2. The first-order valence-electron chi connectivity index (χ1n) is 10.9. The molecule has 3 aromatic carbocycles. The van der Waals surface area contributed by atoms with Crippen molar-refractivity contribution in [3.8, 4) is 11.1 Å². The van der Waals surface area contributed by atoms with E-state index in [1.165, 1.54) is 31.2 Å². The van der Waals surface area contributed by atoms with E-state index in [-0.39, 0.29) is 5.58 Å². The molecule has 4 aromatic rings. The van der Waals surface area contributed by atoms with Gasteiger partial charge in [0.05, 0.1) is 5.39 Å². The summed E-state index contributed by atoms with van der Waals surface area (Å²) in [6, 6.07) is 17.9. The number of unbranched alkanes of at least 4 members (excludes halogenated alkanes) is 3. The van der Waals surface area contributed by atoms with Crippen molar-refractivity contribution in [2.45, 2.75) is 52.4 Å². The Hall–Kier alpha value is -2.94. The lowest BCUT2D eigenvalue weighted by atomic mass is 9.98. The monoisotopic (exact) mass is 402 g/mol. The molecule has 1 aromatic heterocycles. The van der Waals surface area contributed by atoms with Gasteiger partial charge in [-0.3, -0.25) is 0 Å². The van der Waals surface area contributed by atoms with E-state index in [1.54, 1.807) is 6.07 Å². The first kappa shape index (κ1) is 20.3. The van der Waals surface area contributed by atoms with E-state index >= 15 is 0 Å². The summed E-state index contributed by atoms with van der Waals surface area (Å²) in [6.07, 6.45) is 6.67. The minimum atomic E-state index is -0.501. The van der Waals surface area contributed by atoms with Gasteiger partial charge < -0.3 is 4.42 Å². The molecule has 0 radical (unpaired) electrons. The molecule has 0 aliphatic rings. The predicted molar refractivity (Wildman–Crippen MR) is 123 cm³/mol. The van der Waals surface area contributed by atoms with Crippen molar-refractivity contribution in [2.24, 2.45) is 0 Å². The number of rotatable bonds is 7. The fraction of sp³-hybridized carbons (Fsp3) is 0.296. The number of hydrogen-bond acceptors (Lipinski definition) is 2. The molecular formula is C27H27FO2. The zero-order valence-electron chi connectivity index (χ0n) is 17.6. The largest absolute Gasteiger partial charge is 0.419 e. The Bertz CT molecular complexity index is 1240. The van der Waals surface area contributed by atoms with E-state index in [1.807, 2.05) is 31.2 Å². The van der Waals surface area contributed by atoms with E-state index in [0.29, 0.717) is 22.8 Å². The van der Waals surface area contributed by atoms with Crippen LogP contribution in [0.1, 0.15) is 50.7 Å². The molecule has 0 saturated heterocycles. The second kappa shape index (κ2) is 8.83. The summed E-state index contributed by atoms with van der Waals surface area (Å²) < 4.78 is 20.0. The molecule has 0 spiro atoms. The van der Waals surface area contributed by atoms with Crippen molar-refractivity contribution in [3.05, 3.63) is 82.0 Å². The predicted octanol–water partition coefficient (Wildman–Crippen LogP) is 7.44. The molecule has 0 unspecified atom stereocenters. The van der Waals surface area contributed by atoms with Crippen LogP contribution < -0.4 is 5.63 Å². The fourth-order valence-corrected chi connectivity index (χ4v) is 4.08. The van der Waals surface area contributed by atoms with E-state index in [9.17, 15) is 9.18 Å². The number of benzene rings is 3. The first-order chi connectivity index (χ1) is 14.6. The molecule has 30 heavy (non-hydrogen) atoms. The van der Waals surface area contributed by atoms with Crippen LogP contribution in [0.5, 0.6) is 0 Å². The maximum absolute atomic E-state index is 14.7. The average Bonchev–Trinajstić information content (AvgIpc) is 2.78. The summed E-state index contributed by atoms with van der Waals surface area (Å²) in [7, 11) is 0. The zero-order chi connectivity index (χ0) is 21.1. The molecule has 0 saturated carbocycles. The number of fused-ring (bicyclic) bond motifs is 3. The van der Waals surface area contributed by atoms with Gasteiger partial charge >= 0.3 is 5.63 Å². The SMILES string of the molecule is CCCCCCc1ccc(-c2ccc3c(c2)c(=O)oc2c(F)c(CC)ccc23)cc1. The average molecular weight is 403 g/mol. The molecule has 0 aliphatic carbocycles. The lowest BCUT2D eigenvalue weighted by Gasteiger charge is -2.09. The summed E-state index contributed by atoms with van der Waals surface area (Å²) in [4.78, 5) is 12.6. The van der Waals surface area contributed by atoms with Crippen LogP contribution in [-0.4, -0.2) is 0 Å². The summed E-state index contributed by atoms with van der Waals surface area (Å²) in [5.41, 5.74) is 3.45. The molecule has 0 bridgehead atoms. The highest BCUT2D eigenvalue weighted by molar-refractivity contribution is 6.05. The molecule has 0 aliphatic heterocycles. The third-order valence-corrected chi connectivity index (χ3v) is 5.89. The summed E-state index contributed by atoms with van der Waals surface area (Å²) in [5, 5.41) is 1.83.